The summed E-state index contributed by atoms with van der Waals surface area (Å²) in [5.41, 5.74) is 5.50. The maximum atomic E-state index is 4.77. The Balaban J connectivity index is 3.33. The van der Waals surface area contributed by atoms with Crippen LogP contribution in [0.3, 0.4) is 0 Å². The van der Waals surface area contributed by atoms with Crippen LogP contribution in [0.4, 0.5) is 0 Å². The molecule has 13 heavy (non-hydrogen) atoms. The first-order valence-corrected chi connectivity index (χ1v) is 4.98. The first-order valence-electron chi connectivity index (χ1n) is 4.27. The van der Waals surface area contributed by atoms with Crippen LogP contribution >= 0.6 is 0 Å². The van der Waals surface area contributed by atoms with Gasteiger partial charge in [0, 0.05) is 16.8 Å². The number of rotatable bonds is 9. The van der Waals surface area contributed by atoms with E-state index >= 15 is 0 Å². The van der Waals surface area contributed by atoms with Gasteiger partial charge in [-0.1, -0.05) is 6.04 Å². The van der Waals surface area contributed by atoms with E-state index in [0.717, 1.165) is 25.6 Å². The van der Waals surface area contributed by atoms with Crippen molar-refractivity contribution in [2.24, 2.45) is 0 Å². The average molecular weight is 204 g/mol. The first kappa shape index (κ1) is 13.0. The van der Waals surface area contributed by atoms with Crippen LogP contribution in [-0.2, 0) is 9.68 Å². The summed E-state index contributed by atoms with van der Waals surface area (Å²) in [6.07, 6.45) is 1.06. The summed E-state index contributed by atoms with van der Waals surface area (Å²) >= 11 is 0. The van der Waals surface area contributed by atoms with E-state index in [1.54, 1.807) is 14.2 Å². The van der Waals surface area contributed by atoms with Gasteiger partial charge in [0.25, 0.3) is 0 Å². The summed E-state index contributed by atoms with van der Waals surface area (Å²) in [6, 6.07) is 1.01. The van der Waals surface area contributed by atoms with E-state index in [4.69, 9.17) is 9.68 Å². The standard InChI is InChI=1S/C7H18N3O2Si/c1-11-9-7(10-12-2)6-8-4-3-5-13/h7-10H,3-6H2,1-2H3. The highest BCUT2D eigenvalue weighted by molar-refractivity contribution is 6.08. The Kier molecular flexibility index (Phi) is 10.1. The van der Waals surface area contributed by atoms with Gasteiger partial charge < -0.3 is 15.0 Å². The summed E-state index contributed by atoms with van der Waals surface area (Å²) in [7, 11) is 6.55. The van der Waals surface area contributed by atoms with Crippen LogP contribution in [0, 0.1) is 0 Å². The minimum Gasteiger partial charge on any atom is -0.314 e. The van der Waals surface area contributed by atoms with E-state index < -0.39 is 0 Å². The van der Waals surface area contributed by atoms with Crippen LogP contribution in [-0.4, -0.2) is 43.7 Å². The number of nitrogens with one attached hydrogen (secondary N) is 3. The number of hydroxylamine groups is 2. The van der Waals surface area contributed by atoms with Crippen molar-refractivity contribution in [2.75, 3.05) is 27.3 Å². The molecular formula is C7H18N3O2Si. The van der Waals surface area contributed by atoms with E-state index in [9.17, 15) is 0 Å². The zero-order valence-corrected chi connectivity index (χ0v) is 9.22. The molecule has 0 saturated carbocycles. The van der Waals surface area contributed by atoms with Gasteiger partial charge in [0.2, 0.25) is 0 Å². The molecule has 0 saturated heterocycles. The lowest BCUT2D eigenvalue weighted by molar-refractivity contribution is -0.0252. The van der Waals surface area contributed by atoms with Crippen LogP contribution in [0.2, 0.25) is 6.04 Å². The molecule has 0 aliphatic heterocycles. The molecule has 0 bridgehead atoms. The smallest absolute Gasteiger partial charge is 0.117 e. The summed E-state index contributed by atoms with van der Waals surface area (Å²) in [4.78, 5) is 9.54. The molecule has 0 atom stereocenters. The minimum atomic E-state index is -0.0373. The van der Waals surface area contributed by atoms with Gasteiger partial charge in [0.05, 0.1) is 14.2 Å². The van der Waals surface area contributed by atoms with E-state index in [1.807, 2.05) is 0 Å². The van der Waals surface area contributed by atoms with Gasteiger partial charge in [-0.2, -0.15) is 11.0 Å². The normalized spacial score (nSPS) is 11.1. The fourth-order valence-corrected chi connectivity index (χ4v) is 1.03. The molecule has 0 aromatic rings. The second-order valence-electron chi connectivity index (χ2n) is 2.50. The van der Waals surface area contributed by atoms with E-state index in [-0.39, 0.29) is 6.17 Å². The van der Waals surface area contributed by atoms with Crippen molar-refractivity contribution in [3.8, 4) is 0 Å². The molecular weight excluding hydrogens is 186 g/mol. The van der Waals surface area contributed by atoms with Gasteiger partial charge in [-0.3, -0.25) is 0 Å². The van der Waals surface area contributed by atoms with E-state index in [0.29, 0.717) is 0 Å². The number of hydrogen-bond acceptors (Lipinski definition) is 5. The van der Waals surface area contributed by atoms with Gasteiger partial charge in [-0.15, -0.1) is 0 Å². The largest absolute Gasteiger partial charge is 0.314 e. The Bertz CT molecular complexity index is 102. The Labute approximate surface area is 82.9 Å². The molecule has 5 nitrogen and oxygen atoms in total. The molecule has 0 aliphatic rings. The van der Waals surface area contributed by atoms with E-state index in [1.165, 1.54) is 0 Å². The molecule has 0 aromatic heterocycles. The third-order valence-electron chi connectivity index (χ3n) is 1.40. The molecule has 77 valence electrons. The summed E-state index contributed by atoms with van der Waals surface area (Å²) < 4.78 is 0. The predicted molar refractivity (Wildman–Crippen MR) is 52.1 cm³/mol. The Morgan fingerprint density at radius 3 is 2.31 bits per heavy atom. The summed E-state index contributed by atoms with van der Waals surface area (Å²) in [5, 5.41) is 3.24. The highest BCUT2D eigenvalue weighted by Gasteiger charge is 2.04. The maximum absolute atomic E-state index is 4.77. The molecule has 0 spiro atoms. The van der Waals surface area contributed by atoms with Crippen LogP contribution in [0.1, 0.15) is 6.42 Å². The molecule has 0 heterocycles. The molecule has 0 fully saturated rings. The quantitative estimate of drug-likeness (QED) is 0.198. The Morgan fingerprint density at radius 2 is 1.85 bits per heavy atom. The molecule has 6 heteroatoms. The number of hydrogen-bond donors (Lipinski definition) is 3. The van der Waals surface area contributed by atoms with Crippen molar-refractivity contribution in [3.05, 3.63) is 0 Å². The predicted octanol–water partition coefficient (Wildman–Crippen LogP) is -0.819. The molecule has 0 unspecified atom stereocenters. The SMILES string of the molecule is CONC(CNCCC[Si])NOC. The lowest BCUT2D eigenvalue weighted by atomic mass is 10.4. The Morgan fingerprint density at radius 1 is 1.23 bits per heavy atom. The van der Waals surface area contributed by atoms with Crippen LogP contribution in [0.25, 0.3) is 0 Å². The van der Waals surface area contributed by atoms with Crippen molar-refractivity contribution >= 4 is 10.2 Å². The second kappa shape index (κ2) is 10.1. The lowest BCUT2D eigenvalue weighted by Gasteiger charge is -2.17. The van der Waals surface area contributed by atoms with Crippen molar-refractivity contribution in [3.63, 3.8) is 0 Å². The fourth-order valence-electron chi connectivity index (χ4n) is 0.852. The molecule has 3 radical (unpaired) electrons. The topological polar surface area (TPSA) is 54.5 Å². The zero-order valence-electron chi connectivity index (χ0n) is 8.22. The first-order chi connectivity index (χ1) is 6.35. The van der Waals surface area contributed by atoms with Crippen molar-refractivity contribution in [1.82, 2.24) is 16.3 Å². The van der Waals surface area contributed by atoms with Gasteiger partial charge in [0.1, 0.15) is 6.17 Å². The highest BCUT2D eigenvalue weighted by Crippen LogP contribution is 1.81. The average Bonchev–Trinajstić information content (AvgIpc) is 2.13. The fraction of sp³-hybridized carbons (Fsp3) is 1.00. The second-order valence-corrected chi connectivity index (χ2v) is 3.00. The molecule has 0 aromatic carbocycles. The minimum absolute atomic E-state index is 0.0373. The summed E-state index contributed by atoms with van der Waals surface area (Å²) in [5.74, 6) is 0. The third-order valence-corrected chi connectivity index (χ3v) is 1.75. The van der Waals surface area contributed by atoms with Crippen LogP contribution in [0.5, 0.6) is 0 Å². The lowest BCUT2D eigenvalue weighted by Crippen LogP contribution is -2.48. The van der Waals surface area contributed by atoms with E-state index in [2.05, 4.69) is 26.5 Å². The Hall–Kier alpha value is 0.0169. The monoisotopic (exact) mass is 204 g/mol. The van der Waals surface area contributed by atoms with Gasteiger partial charge in [0.15, 0.2) is 0 Å². The van der Waals surface area contributed by atoms with Crippen molar-refractivity contribution < 1.29 is 9.68 Å². The molecule has 0 amide bonds. The van der Waals surface area contributed by atoms with Crippen LogP contribution in [0.15, 0.2) is 0 Å². The van der Waals surface area contributed by atoms with Crippen LogP contribution < -0.4 is 16.3 Å². The van der Waals surface area contributed by atoms with Gasteiger partial charge in [-0.25, -0.2) is 0 Å². The highest BCUT2D eigenvalue weighted by atomic mass is 28.1. The summed E-state index contributed by atoms with van der Waals surface area (Å²) in [6.45, 7) is 1.71. The van der Waals surface area contributed by atoms with Crippen molar-refractivity contribution in [2.45, 2.75) is 18.6 Å². The molecule has 0 aliphatic carbocycles. The maximum Gasteiger partial charge on any atom is 0.117 e. The third kappa shape index (κ3) is 8.35. The zero-order chi connectivity index (χ0) is 9.94. The van der Waals surface area contributed by atoms with Gasteiger partial charge in [-0.05, 0) is 13.0 Å². The molecule has 3 N–H and O–H groups in total. The molecule has 0 rings (SSSR count). The van der Waals surface area contributed by atoms with Gasteiger partial charge >= 0.3 is 0 Å². The van der Waals surface area contributed by atoms with Crippen molar-refractivity contribution in [1.29, 1.82) is 0 Å².